The summed E-state index contributed by atoms with van der Waals surface area (Å²) in [6, 6.07) is 10.3. The van der Waals surface area contributed by atoms with Crippen molar-refractivity contribution in [3.8, 4) is 0 Å². The molecule has 0 aliphatic rings. The van der Waals surface area contributed by atoms with Gasteiger partial charge < -0.3 is 9.73 Å². The van der Waals surface area contributed by atoms with E-state index in [1.807, 2.05) is 36.0 Å². The minimum atomic E-state index is 0.623. The fraction of sp³-hybridized carbons (Fsp3) is 0.250. The topological polar surface area (TPSA) is 55.9 Å². The summed E-state index contributed by atoms with van der Waals surface area (Å²) < 4.78 is 7.36. The number of aryl methyl sites for hydroxylation is 1. The zero-order valence-corrected chi connectivity index (χ0v) is 12.0. The Morgan fingerprint density at radius 1 is 1.10 bits per heavy atom. The Labute approximate surface area is 123 Å². The molecule has 0 amide bonds. The highest BCUT2D eigenvalue weighted by atomic mass is 16.4. The number of nitrogens with one attached hydrogen (secondary N) is 1. The molecule has 2 heterocycles. The Bertz CT molecular complexity index is 687. The normalized spacial score (nSPS) is 10.9. The van der Waals surface area contributed by atoms with Gasteiger partial charge >= 0.3 is 0 Å². The van der Waals surface area contributed by atoms with Crippen LogP contribution in [0, 0.1) is 6.92 Å². The van der Waals surface area contributed by atoms with Crippen molar-refractivity contribution in [2.75, 3.05) is 0 Å². The number of oxazole rings is 1. The van der Waals surface area contributed by atoms with Crippen LogP contribution in [0.2, 0.25) is 0 Å². The first kappa shape index (κ1) is 13.6. The van der Waals surface area contributed by atoms with Crippen LogP contribution in [0.3, 0.4) is 0 Å². The fourth-order valence-electron chi connectivity index (χ4n) is 2.15. The van der Waals surface area contributed by atoms with E-state index in [2.05, 4.69) is 33.7 Å². The molecule has 0 radical (unpaired) electrons. The Hall–Kier alpha value is -2.40. The molecule has 0 fully saturated rings. The standard InChI is InChI=1S/C16H18N4O/c1-13-7-18-16(21-13)10-17-8-15-9-19-20(12-15)11-14-5-3-2-4-6-14/h2-7,9,12,17H,8,10-11H2,1H3. The van der Waals surface area contributed by atoms with Crippen molar-refractivity contribution in [3.05, 3.63) is 71.7 Å². The largest absolute Gasteiger partial charge is 0.445 e. The third-order valence-electron chi connectivity index (χ3n) is 3.15. The predicted octanol–water partition coefficient (Wildman–Crippen LogP) is 2.52. The van der Waals surface area contributed by atoms with Crippen LogP contribution in [0.25, 0.3) is 0 Å². The second-order valence-electron chi connectivity index (χ2n) is 5.00. The van der Waals surface area contributed by atoms with Crippen LogP contribution in [0.5, 0.6) is 0 Å². The maximum atomic E-state index is 5.41. The number of aromatic nitrogens is 3. The van der Waals surface area contributed by atoms with Gasteiger partial charge in [-0.25, -0.2) is 4.98 Å². The molecule has 0 atom stereocenters. The van der Waals surface area contributed by atoms with Gasteiger partial charge in [-0.3, -0.25) is 4.68 Å². The van der Waals surface area contributed by atoms with Gasteiger partial charge in [0, 0.05) is 18.3 Å². The maximum absolute atomic E-state index is 5.41. The monoisotopic (exact) mass is 282 g/mol. The molecule has 0 saturated carbocycles. The summed E-state index contributed by atoms with van der Waals surface area (Å²) in [4.78, 5) is 4.16. The molecule has 0 unspecified atom stereocenters. The Kier molecular flexibility index (Phi) is 4.12. The van der Waals surface area contributed by atoms with Gasteiger partial charge in [0.25, 0.3) is 0 Å². The predicted molar refractivity (Wildman–Crippen MR) is 79.6 cm³/mol. The third kappa shape index (κ3) is 3.79. The van der Waals surface area contributed by atoms with Crippen molar-refractivity contribution in [1.29, 1.82) is 0 Å². The van der Waals surface area contributed by atoms with E-state index >= 15 is 0 Å². The molecule has 1 aromatic carbocycles. The van der Waals surface area contributed by atoms with Crippen molar-refractivity contribution in [2.45, 2.75) is 26.6 Å². The van der Waals surface area contributed by atoms with E-state index in [9.17, 15) is 0 Å². The third-order valence-corrected chi connectivity index (χ3v) is 3.15. The van der Waals surface area contributed by atoms with Crippen LogP contribution in [-0.4, -0.2) is 14.8 Å². The molecule has 0 aliphatic heterocycles. The number of hydrogen-bond acceptors (Lipinski definition) is 4. The Morgan fingerprint density at radius 3 is 2.71 bits per heavy atom. The molecule has 108 valence electrons. The average Bonchev–Trinajstić information content (AvgIpc) is 3.10. The minimum absolute atomic E-state index is 0.623. The van der Waals surface area contributed by atoms with Crippen LogP contribution in [-0.2, 0) is 19.6 Å². The summed E-state index contributed by atoms with van der Waals surface area (Å²) in [6.45, 7) is 4.05. The van der Waals surface area contributed by atoms with Crippen molar-refractivity contribution in [2.24, 2.45) is 0 Å². The van der Waals surface area contributed by atoms with E-state index < -0.39 is 0 Å². The molecule has 3 aromatic rings. The average molecular weight is 282 g/mol. The van der Waals surface area contributed by atoms with Crippen molar-refractivity contribution in [3.63, 3.8) is 0 Å². The molecule has 1 N–H and O–H groups in total. The highest BCUT2D eigenvalue weighted by Gasteiger charge is 2.02. The highest BCUT2D eigenvalue weighted by molar-refractivity contribution is 5.15. The van der Waals surface area contributed by atoms with Crippen molar-refractivity contribution < 1.29 is 4.42 Å². The van der Waals surface area contributed by atoms with Gasteiger partial charge in [-0.1, -0.05) is 30.3 Å². The fourth-order valence-corrected chi connectivity index (χ4v) is 2.15. The van der Waals surface area contributed by atoms with E-state index in [1.54, 1.807) is 6.20 Å². The number of nitrogens with zero attached hydrogens (tertiary/aromatic N) is 3. The van der Waals surface area contributed by atoms with Crippen LogP contribution in [0.15, 0.2) is 53.3 Å². The van der Waals surface area contributed by atoms with Crippen LogP contribution >= 0.6 is 0 Å². The summed E-state index contributed by atoms with van der Waals surface area (Å²) in [5, 5.41) is 7.68. The smallest absolute Gasteiger partial charge is 0.208 e. The van der Waals surface area contributed by atoms with Gasteiger partial charge in [0.05, 0.1) is 25.5 Å². The van der Waals surface area contributed by atoms with E-state index in [-0.39, 0.29) is 0 Å². The van der Waals surface area contributed by atoms with Gasteiger partial charge in [0.2, 0.25) is 5.89 Å². The first-order chi connectivity index (χ1) is 10.3. The second kappa shape index (κ2) is 6.37. The quantitative estimate of drug-likeness (QED) is 0.755. The van der Waals surface area contributed by atoms with Gasteiger partial charge in [-0.15, -0.1) is 0 Å². The lowest BCUT2D eigenvalue weighted by Crippen LogP contribution is -2.12. The summed E-state index contributed by atoms with van der Waals surface area (Å²) in [6.07, 6.45) is 5.67. The van der Waals surface area contributed by atoms with Crippen LogP contribution in [0.1, 0.15) is 22.8 Å². The number of rotatable bonds is 6. The molecule has 5 heteroatoms. The van der Waals surface area contributed by atoms with Crippen molar-refractivity contribution >= 4 is 0 Å². The van der Waals surface area contributed by atoms with Gasteiger partial charge in [0.1, 0.15) is 5.76 Å². The first-order valence-corrected chi connectivity index (χ1v) is 6.97. The summed E-state index contributed by atoms with van der Waals surface area (Å²) in [7, 11) is 0. The Morgan fingerprint density at radius 2 is 1.95 bits per heavy atom. The molecular formula is C16H18N4O. The zero-order chi connectivity index (χ0) is 14.5. The van der Waals surface area contributed by atoms with E-state index in [1.165, 1.54) is 5.56 Å². The summed E-state index contributed by atoms with van der Waals surface area (Å²) >= 11 is 0. The molecule has 0 bridgehead atoms. The maximum Gasteiger partial charge on any atom is 0.208 e. The lowest BCUT2D eigenvalue weighted by Gasteiger charge is -2.01. The molecule has 0 saturated heterocycles. The van der Waals surface area contributed by atoms with Crippen LogP contribution in [0.4, 0.5) is 0 Å². The molecule has 0 aliphatic carbocycles. The molecule has 5 nitrogen and oxygen atoms in total. The van der Waals surface area contributed by atoms with Crippen molar-refractivity contribution in [1.82, 2.24) is 20.1 Å². The van der Waals surface area contributed by atoms with Gasteiger partial charge in [0.15, 0.2) is 0 Å². The zero-order valence-electron chi connectivity index (χ0n) is 12.0. The summed E-state index contributed by atoms with van der Waals surface area (Å²) in [5.41, 5.74) is 2.39. The lowest BCUT2D eigenvalue weighted by molar-refractivity contribution is 0.449. The molecule has 0 spiro atoms. The SMILES string of the molecule is Cc1cnc(CNCc2cnn(Cc3ccccc3)c2)o1. The summed E-state index contributed by atoms with van der Waals surface area (Å²) in [5.74, 6) is 1.55. The molecular weight excluding hydrogens is 264 g/mol. The molecule has 21 heavy (non-hydrogen) atoms. The number of hydrogen-bond donors (Lipinski definition) is 1. The first-order valence-electron chi connectivity index (χ1n) is 6.97. The second-order valence-corrected chi connectivity index (χ2v) is 5.00. The van der Waals surface area contributed by atoms with Gasteiger partial charge in [-0.05, 0) is 12.5 Å². The lowest BCUT2D eigenvalue weighted by atomic mass is 10.2. The van der Waals surface area contributed by atoms with E-state index in [0.29, 0.717) is 12.4 Å². The highest BCUT2D eigenvalue weighted by Crippen LogP contribution is 2.05. The Balaban J connectivity index is 1.51. The molecule has 2 aromatic heterocycles. The number of benzene rings is 1. The van der Waals surface area contributed by atoms with Crippen LogP contribution < -0.4 is 5.32 Å². The van der Waals surface area contributed by atoms with Gasteiger partial charge in [-0.2, -0.15) is 5.10 Å². The van der Waals surface area contributed by atoms with E-state index in [4.69, 9.17) is 4.42 Å². The molecule has 3 rings (SSSR count). The van der Waals surface area contributed by atoms with E-state index in [0.717, 1.165) is 24.4 Å². The minimum Gasteiger partial charge on any atom is -0.445 e.